The molecule has 1 aromatic carbocycles. The molecule has 1 radical (unpaired) electrons. The Morgan fingerprint density at radius 1 is 1.29 bits per heavy atom. The van der Waals surface area contributed by atoms with Gasteiger partial charge >= 0.3 is 10.1 Å². The van der Waals surface area contributed by atoms with Crippen LogP contribution < -0.4 is 0 Å². The van der Waals surface area contributed by atoms with E-state index >= 15 is 0 Å². The zero-order valence-electron chi connectivity index (χ0n) is 8.23. The Hall–Kier alpha value is 0.515. The maximum Gasteiger partial charge on any atom is 0.338 e. The molecule has 0 amide bonds. The molecule has 0 atom stereocenters. The van der Waals surface area contributed by atoms with Crippen molar-refractivity contribution in [1.29, 1.82) is 0 Å². The minimum atomic E-state index is -3.66. The molecule has 1 aromatic rings. The molecule has 0 unspecified atom stereocenters. The second-order valence-corrected chi connectivity index (χ2v) is 4.10. The monoisotopic (exact) mass is 283 g/mol. The molecule has 0 aliphatic heterocycles. The Morgan fingerprint density at radius 3 is 2.21 bits per heavy atom. The van der Waals surface area contributed by atoms with Crippen LogP contribution in [0.1, 0.15) is 6.92 Å². The van der Waals surface area contributed by atoms with Gasteiger partial charge < -0.3 is 4.18 Å². The van der Waals surface area contributed by atoms with Crippen molar-refractivity contribution in [3.8, 4) is 0 Å². The van der Waals surface area contributed by atoms with E-state index in [1.54, 1.807) is 18.2 Å². The van der Waals surface area contributed by atoms with E-state index in [4.69, 9.17) is 0 Å². The largest absolute Gasteiger partial charge is 0.384 e. The van der Waals surface area contributed by atoms with Crippen LogP contribution in [0.4, 0.5) is 0 Å². The van der Waals surface area contributed by atoms with Crippen LogP contribution in [0.15, 0.2) is 47.6 Å². The van der Waals surface area contributed by atoms with E-state index in [1.807, 2.05) is 0 Å². The standard InChI is InChI=1S/C9H10O3S.Rb/c1-8(2)12-13(10,11)9-6-4-3-5-7-9;/h3-7H,1H2,2H3;. The van der Waals surface area contributed by atoms with Crippen LogP contribution >= 0.6 is 0 Å². The minimum absolute atomic E-state index is 0. The molecule has 0 spiro atoms. The van der Waals surface area contributed by atoms with Crippen LogP contribution in [0.5, 0.6) is 0 Å². The molecule has 71 valence electrons. The third kappa shape index (κ3) is 4.36. The van der Waals surface area contributed by atoms with Gasteiger partial charge in [-0.15, -0.1) is 0 Å². The minimum Gasteiger partial charge on any atom is -0.384 e. The molecule has 0 aliphatic rings. The molecule has 5 heteroatoms. The first-order chi connectivity index (χ1) is 6.02. The zero-order valence-corrected chi connectivity index (χ0v) is 14.0. The van der Waals surface area contributed by atoms with Gasteiger partial charge in [-0.05, 0) is 19.1 Å². The van der Waals surface area contributed by atoms with Gasteiger partial charge in [0.25, 0.3) is 0 Å². The molecule has 0 aliphatic carbocycles. The molecule has 0 fully saturated rings. The van der Waals surface area contributed by atoms with Crippen molar-refractivity contribution < 1.29 is 12.6 Å². The Kier molecular flexibility index (Phi) is 6.40. The number of hydrogen-bond donors (Lipinski definition) is 0. The van der Waals surface area contributed by atoms with Gasteiger partial charge in [-0.25, -0.2) is 0 Å². The van der Waals surface area contributed by atoms with Crippen molar-refractivity contribution in [1.82, 2.24) is 0 Å². The molecule has 0 saturated carbocycles. The van der Waals surface area contributed by atoms with Crippen molar-refractivity contribution in [3.05, 3.63) is 42.7 Å². The summed E-state index contributed by atoms with van der Waals surface area (Å²) in [5.41, 5.74) is 0. The van der Waals surface area contributed by atoms with E-state index in [2.05, 4.69) is 10.8 Å². The van der Waals surface area contributed by atoms with Gasteiger partial charge in [-0.1, -0.05) is 24.8 Å². The molecule has 14 heavy (non-hydrogen) atoms. The smallest absolute Gasteiger partial charge is 0.338 e. The predicted molar refractivity (Wildman–Crippen MR) is 55.3 cm³/mol. The maximum absolute atomic E-state index is 11.4. The summed E-state index contributed by atoms with van der Waals surface area (Å²) in [6.07, 6.45) is 0. The third-order valence-electron chi connectivity index (χ3n) is 1.28. The first-order valence-electron chi connectivity index (χ1n) is 3.67. The summed E-state index contributed by atoms with van der Waals surface area (Å²) in [5.74, 6) is 0.156. The van der Waals surface area contributed by atoms with Gasteiger partial charge in [0.05, 0.1) is 0 Å². The second-order valence-electron chi connectivity index (χ2n) is 2.55. The number of allylic oxidation sites excluding steroid dienone is 1. The average Bonchev–Trinajstić information content (AvgIpc) is 2.04. The van der Waals surface area contributed by atoms with Crippen molar-refractivity contribution in [2.24, 2.45) is 0 Å². The van der Waals surface area contributed by atoms with Crippen molar-refractivity contribution in [2.75, 3.05) is 0 Å². The van der Waals surface area contributed by atoms with E-state index in [1.165, 1.54) is 19.1 Å². The van der Waals surface area contributed by atoms with E-state index in [0.717, 1.165) is 0 Å². The van der Waals surface area contributed by atoms with Gasteiger partial charge in [-0.3, -0.25) is 0 Å². The third-order valence-corrected chi connectivity index (χ3v) is 2.64. The fourth-order valence-corrected chi connectivity index (χ4v) is 1.78. The second kappa shape index (κ2) is 6.18. The molecule has 0 bridgehead atoms. The average molecular weight is 284 g/mol. The van der Waals surface area contributed by atoms with E-state index < -0.39 is 10.1 Å². The Balaban J connectivity index is 0.00000169. The zero-order chi connectivity index (χ0) is 9.90. The number of rotatable bonds is 3. The Labute approximate surface area is 133 Å². The maximum atomic E-state index is 11.4. The van der Waals surface area contributed by atoms with Gasteiger partial charge in [0.2, 0.25) is 0 Å². The predicted octanol–water partition coefficient (Wildman–Crippen LogP) is 1.54. The first kappa shape index (κ1) is 14.5. The summed E-state index contributed by atoms with van der Waals surface area (Å²) in [6.45, 7) is 4.85. The van der Waals surface area contributed by atoms with Crippen LogP contribution in [-0.2, 0) is 14.3 Å². The molecule has 0 N–H and O–H groups in total. The van der Waals surface area contributed by atoms with E-state index in [-0.39, 0.29) is 68.8 Å². The quantitative estimate of drug-likeness (QED) is 0.624. The van der Waals surface area contributed by atoms with Crippen molar-refractivity contribution in [2.45, 2.75) is 11.8 Å². The summed E-state index contributed by atoms with van der Waals surface area (Å²) in [5, 5.41) is 0. The van der Waals surface area contributed by atoms with Crippen molar-refractivity contribution >= 4 is 68.3 Å². The van der Waals surface area contributed by atoms with Crippen LogP contribution in [0, 0.1) is 0 Å². The summed E-state index contributed by atoms with van der Waals surface area (Å²) in [7, 11) is -3.66. The molecule has 0 saturated heterocycles. The van der Waals surface area contributed by atoms with E-state index in [0.29, 0.717) is 0 Å². The van der Waals surface area contributed by atoms with Gasteiger partial charge in [0, 0.05) is 58.2 Å². The van der Waals surface area contributed by atoms with Gasteiger partial charge in [0.1, 0.15) is 10.7 Å². The molecular weight excluding hydrogens is 274 g/mol. The normalized spacial score (nSPS) is 10.1. The molecule has 3 nitrogen and oxygen atoms in total. The molecule has 1 rings (SSSR count). The Morgan fingerprint density at radius 2 is 1.79 bits per heavy atom. The van der Waals surface area contributed by atoms with E-state index in [9.17, 15) is 8.42 Å². The molecule has 0 heterocycles. The van der Waals surface area contributed by atoms with Crippen LogP contribution in [0.3, 0.4) is 0 Å². The van der Waals surface area contributed by atoms with Gasteiger partial charge in [-0.2, -0.15) is 8.42 Å². The fourth-order valence-electron chi connectivity index (χ4n) is 0.823. The number of benzene rings is 1. The summed E-state index contributed by atoms with van der Waals surface area (Å²) >= 11 is 0. The summed E-state index contributed by atoms with van der Waals surface area (Å²) < 4.78 is 27.3. The summed E-state index contributed by atoms with van der Waals surface area (Å²) in [4.78, 5) is 0.137. The molecule has 0 aromatic heterocycles. The fraction of sp³-hybridized carbons (Fsp3) is 0.111. The van der Waals surface area contributed by atoms with Crippen LogP contribution in [0.2, 0.25) is 0 Å². The Bertz CT molecular complexity index is 397. The first-order valence-corrected chi connectivity index (χ1v) is 5.08. The number of hydrogen-bond acceptors (Lipinski definition) is 3. The van der Waals surface area contributed by atoms with Crippen LogP contribution in [-0.4, -0.2) is 66.6 Å². The van der Waals surface area contributed by atoms with Crippen LogP contribution in [0.25, 0.3) is 0 Å². The van der Waals surface area contributed by atoms with Crippen molar-refractivity contribution in [3.63, 3.8) is 0 Å². The summed E-state index contributed by atoms with van der Waals surface area (Å²) in [6, 6.07) is 7.94. The molecular formula is C9H10O3RbS. The SMILES string of the molecule is C=C(C)OS(=O)(=O)c1ccccc1.[Rb]. The topological polar surface area (TPSA) is 43.4 Å². The van der Waals surface area contributed by atoms with Gasteiger partial charge in [0.15, 0.2) is 0 Å².